The molecule has 40 heavy (non-hydrogen) atoms. The Balaban J connectivity index is 1.24. The predicted octanol–water partition coefficient (Wildman–Crippen LogP) is 6.78. The van der Waals surface area contributed by atoms with Crippen LogP contribution in [-0.2, 0) is 22.6 Å². The van der Waals surface area contributed by atoms with Gasteiger partial charge in [0.2, 0.25) is 5.89 Å². The maximum Gasteiger partial charge on any atom is 0.306 e. The van der Waals surface area contributed by atoms with Gasteiger partial charge in [0.15, 0.2) is 6.61 Å². The van der Waals surface area contributed by atoms with Crippen molar-refractivity contribution >= 4 is 5.97 Å². The third-order valence-electron chi connectivity index (χ3n) is 7.69. The molecule has 0 N–H and O–H groups in total. The lowest BCUT2D eigenvalue weighted by Crippen LogP contribution is -2.09. The zero-order valence-electron chi connectivity index (χ0n) is 22.7. The number of aromatic nitrogens is 1. The van der Waals surface area contributed by atoms with E-state index in [2.05, 4.69) is 4.98 Å². The molecule has 1 aliphatic heterocycles. The molecule has 2 heterocycles. The van der Waals surface area contributed by atoms with Gasteiger partial charge in [-0.3, -0.25) is 4.79 Å². The summed E-state index contributed by atoms with van der Waals surface area (Å²) in [5.74, 6) is 1.96. The highest BCUT2D eigenvalue weighted by molar-refractivity contribution is 5.76. The van der Waals surface area contributed by atoms with E-state index in [0.717, 1.165) is 39.1 Å². The minimum atomic E-state index is -0.413. The summed E-state index contributed by atoms with van der Waals surface area (Å²) in [7, 11) is 1.38. The molecule has 1 aliphatic carbocycles. The summed E-state index contributed by atoms with van der Waals surface area (Å²) in [5.41, 5.74) is 6.70. The molecule has 2 atom stereocenters. The van der Waals surface area contributed by atoms with Crippen molar-refractivity contribution in [1.29, 1.82) is 0 Å². The van der Waals surface area contributed by atoms with E-state index in [4.69, 9.17) is 23.4 Å². The number of ether oxygens (including phenoxy) is 4. The summed E-state index contributed by atoms with van der Waals surface area (Å²) < 4.78 is 43.4. The molecule has 0 fully saturated rings. The first kappa shape index (κ1) is 25.9. The van der Waals surface area contributed by atoms with Gasteiger partial charge in [-0.05, 0) is 78.8 Å². The normalized spacial score (nSPS) is 17.2. The van der Waals surface area contributed by atoms with E-state index in [-0.39, 0.29) is 30.7 Å². The minimum absolute atomic E-state index is 0.0474. The molecule has 1 aromatic heterocycles. The molecule has 8 heteroatoms. The van der Waals surface area contributed by atoms with Crippen LogP contribution in [0.25, 0.3) is 11.1 Å². The van der Waals surface area contributed by atoms with Crippen LogP contribution in [0.1, 0.15) is 58.6 Å². The smallest absolute Gasteiger partial charge is 0.306 e. The lowest BCUT2D eigenvalue weighted by Gasteiger charge is -2.19. The number of carbonyl (C=O) groups excluding carboxylic acids is 1. The molecule has 0 amide bonds. The van der Waals surface area contributed by atoms with Crippen LogP contribution >= 0.6 is 0 Å². The van der Waals surface area contributed by atoms with E-state index >= 15 is 4.39 Å². The topological polar surface area (TPSA) is 80.0 Å². The number of carbonyl (C=O) groups is 1. The zero-order valence-corrected chi connectivity index (χ0v) is 22.7. The molecule has 0 bridgehead atoms. The number of rotatable bonds is 8. The van der Waals surface area contributed by atoms with Gasteiger partial charge in [-0.1, -0.05) is 12.1 Å². The Hall–Kier alpha value is -4.33. The Bertz CT molecular complexity index is 1540. The fraction of sp³-hybridized carbons (Fsp3) is 0.312. The van der Waals surface area contributed by atoms with Gasteiger partial charge < -0.3 is 23.4 Å². The number of nitrogens with zero attached hydrogens (tertiary/aromatic N) is 1. The predicted molar refractivity (Wildman–Crippen MR) is 145 cm³/mol. The molecule has 0 saturated heterocycles. The number of oxazole rings is 1. The van der Waals surface area contributed by atoms with E-state index in [1.54, 1.807) is 6.20 Å². The first-order valence-corrected chi connectivity index (χ1v) is 13.4. The standard InChI is InChI=1S/C32H30FNO6/c1-18-12-22(38-17-29-34-10-11-37-29)13-19(2)31(18)24-6-8-26(33)32-25(24)7-9-27(32)40-21-4-5-23-20(14-30(35)36-3)16-39-28(23)15-21/h4-6,8,10-13,15,20,27H,7,9,14,16-17H2,1-3H3/t20?,27-/m1/s1. The van der Waals surface area contributed by atoms with Crippen LogP contribution in [-0.4, -0.2) is 24.7 Å². The molecule has 4 aromatic rings. The number of methoxy groups -OCH3 is 1. The summed E-state index contributed by atoms with van der Waals surface area (Å²) in [6, 6.07) is 13.0. The summed E-state index contributed by atoms with van der Waals surface area (Å²) in [5, 5.41) is 0. The Labute approximate surface area is 231 Å². The second kappa shape index (κ2) is 10.7. The van der Waals surface area contributed by atoms with Crippen LogP contribution in [0.4, 0.5) is 4.39 Å². The van der Waals surface area contributed by atoms with Crippen LogP contribution in [0.3, 0.4) is 0 Å². The van der Waals surface area contributed by atoms with Gasteiger partial charge in [-0.25, -0.2) is 9.37 Å². The lowest BCUT2D eigenvalue weighted by atomic mass is 9.90. The van der Waals surface area contributed by atoms with Crippen LogP contribution < -0.4 is 14.2 Å². The van der Waals surface area contributed by atoms with E-state index < -0.39 is 6.10 Å². The highest BCUT2D eigenvalue weighted by Gasteiger charge is 2.32. The third-order valence-corrected chi connectivity index (χ3v) is 7.69. The summed E-state index contributed by atoms with van der Waals surface area (Å²) in [4.78, 5) is 15.8. The fourth-order valence-corrected chi connectivity index (χ4v) is 5.87. The first-order valence-electron chi connectivity index (χ1n) is 13.4. The number of fused-ring (bicyclic) bond motifs is 2. The van der Waals surface area contributed by atoms with Gasteiger partial charge >= 0.3 is 5.97 Å². The highest BCUT2D eigenvalue weighted by Crippen LogP contribution is 2.45. The molecule has 0 saturated carbocycles. The molecule has 6 rings (SSSR count). The Morgan fingerprint density at radius 3 is 2.67 bits per heavy atom. The van der Waals surface area contributed by atoms with Gasteiger partial charge in [0, 0.05) is 23.1 Å². The number of benzene rings is 3. The molecule has 2 aliphatic rings. The van der Waals surface area contributed by atoms with Crippen molar-refractivity contribution in [3.05, 3.63) is 94.4 Å². The van der Waals surface area contributed by atoms with Crippen LogP contribution in [0.5, 0.6) is 17.2 Å². The third kappa shape index (κ3) is 4.90. The molecular formula is C32H30FNO6. The maximum atomic E-state index is 15.3. The second-order valence-electron chi connectivity index (χ2n) is 10.3. The number of hydrogen-bond acceptors (Lipinski definition) is 7. The van der Waals surface area contributed by atoms with Gasteiger partial charge in [0.25, 0.3) is 0 Å². The Kier molecular flexibility index (Phi) is 6.92. The average Bonchev–Trinajstić information content (AvgIpc) is 3.69. The zero-order chi connectivity index (χ0) is 27.8. The van der Waals surface area contributed by atoms with Crippen molar-refractivity contribution in [2.75, 3.05) is 13.7 Å². The Morgan fingerprint density at radius 2 is 1.93 bits per heavy atom. The highest BCUT2D eigenvalue weighted by atomic mass is 19.1. The molecule has 1 unspecified atom stereocenters. The monoisotopic (exact) mass is 543 g/mol. The van der Waals surface area contributed by atoms with Crippen molar-refractivity contribution in [3.8, 4) is 28.4 Å². The number of esters is 1. The van der Waals surface area contributed by atoms with Gasteiger partial charge in [0.1, 0.15) is 35.4 Å². The van der Waals surface area contributed by atoms with E-state index in [1.807, 2.05) is 50.2 Å². The molecular weight excluding hydrogens is 513 g/mol. The SMILES string of the molecule is COC(=O)CC1COc2cc(O[C@@H]3CCc4c(-c5c(C)cc(OCc6ncco6)cc5C)ccc(F)c43)ccc21. The first-order chi connectivity index (χ1) is 19.4. The van der Waals surface area contributed by atoms with Crippen molar-refractivity contribution < 1.29 is 32.5 Å². The summed E-state index contributed by atoms with van der Waals surface area (Å²) in [6.45, 7) is 4.74. The molecule has 206 valence electrons. The van der Waals surface area contributed by atoms with Crippen molar-refractivity contribution in [2.45, 2.75) is 51.7 Å². The van der Waals surface area contributed by atoms with E-state index in [9.17, 15) is 4.79 Å². The van der Waals surface area contributed by atoms with E-state index in [1.165, 1.54) is 19.4 Å². The van der Waals surface area contributed by atoms with Crippen molar-refractivity contribution in [2.24, 2.45) is 0 Å². The van der Waals surface area contributed by atoms with Gasteiger partial charge in [0.05, 0.1) is 26.3 Å². The van der Waals surface area contributed by atoms with Crippen molar-refractivity contribution in [1.82, 2.24) is 4.98 Å². The quantitative estimate of drug-likeness (QED) is 0.227. The van der Waals surface area contributed by atoms with Crippen molar-refractivity contribution in [3.63, 3.8) is 0 Å². The molecule has 3 aromatic carbocycles. The fourth-order valence-electron chi connectivity index (χ4n) is 5.87. The summed E-state index contributed by atoms with van der Waals surface area (Å²) >= 11 is 0. The lowest BCUT2D eigenvalue weighted by molar-refractivity contribution is -0.141. The minimum Gasteiger partial charge on any atom is -0.492 e. The molecule has 0 radical (unpaired) electrons. The maximum absolute atomic E-state index is 15.3. The van der Waals surface area contributed by atoms with Crippen LogP contribution in [0.2, 0.25) is 0 Å². The number of hydrogen-bond donors (Lipinski definition) is 0. The number of halogens is 1. The van der Waals surface area contributed by atoms with Gasteiger partial charge in [-0.2, -0.15) is 0 Å². The molecule has 0 spiro atoms. The van der Waals surface area contributed by atoms with Crippen LogP contribution in [0, 0.1) is 19.7 Å². The van der Waals surface area contributed by atoms with Gasteiger partial charge in [-0.15, -0.1) is 0 Å². The number of aryl methyl sites for hydroxylation is 2. The summed E-state index contributed by atoms with van der Waals surface area (Å²) in [6.07, 6.45) is 4.33. The Morgan fingerprint density at radius 1 is 1.10 bits per heavy atom. The van der Waals surface area contributed by atoms with Crippen LogP contribution in [0.15, 0.2) is 59.3 Å². The second-order valence-corrected chi connectivity index (χ2v) is 10.3. The molecule has 7 nitrogen and oxygen atoms in total. The average molecular weight is 544 g/mol. The van der Waals surface area contributed by atoms with E-state index in [0.29, 0.717) is 42.4 Å². The largest absolute Gasteiger partial charge is 0.492 e.